The van der Waals surface area contributed by atoms with Crippen molar-refractivity contribution < 1.29 is 4.79 Å². The van der Waals surface area contributed by atoms with Crippen LogP contribution in [0, 0.1) is 19.8 Å². The molecule has 0 aliphatic carbocycles. The standard InChI is InChI=1S/C17H28N4O/c1-11-16(12(2)21(3)20-11)6-7-18-17(22)10-13-8-14-4-5-15(9-13)19-14/h13-15,19H,4-10H2,1-3H3,(H,18,22). The quantitative estimate of drug-likeness (QED) is 0.869. The molecular weight excluding hydrogens is 276 g/mol. The van der Waals surface area contributed by atoms with Crippen LogP contribution >= 0.6 is 0 Å². The molecule has 0 saturated carbocycles. The summed E-state index contributed by atoms with van der Waals surface area (Å²) in [5, 5.41) is 11.2. The van der Waals surface area contributed by atoms with Crippen molar-refractivity contribution in [3.63, 3.8) is 0 Å². The van der Waals surface area contributed by atoms with Crippen molar-refractivity contribution in [2.24, 2.45) is 13.0 Å². The van der Waals surface area contributed by atoms with Gasteiger partial charge in [-0.2, -0.15) is 5.10 Å². The molecule has 5 heteroatoms. The van der Waals surface area contributed by atoms with Crippen molar-refractivity contribution >= 4 is 5.91 Å². The summed E-state index contributed by atoms with van der Waals surface area (Å²) in [5.74, 6) is 0.783. The van der Waals surface area contributed by atoms with Crippen molar-refractivity contribution in [2.45, 2.75) is 64.5 Å². The Morgan fingerprint density at radius 2 is 2.00 bits per heavy atom. The average molecular weight is 304 g/mol. The molecule has 1 aromatic rings. The van der Waals surface area contributed by atoms with Gasteiger partial charge in [-0.25, -0.2) is 0 Å². The number of carbonyl (C=O) groups is 1. The maximum absolute atomic E-state index is 12.2. The van der Waals surface area contributed by atoms with Gasteiger partial charge in [0.15, 0.2) is 0 Å². The van der Waals surface area contributed by atoms with Crippen LogP contribution in [0.3, 0.4) is 0 Å². The Labute approximate surface area is 132 Å². The lowest BCUT2D eigenvalue weighted by Gasteiger charge is -2.28. The zero-order valence-electron chi connectivity index (χ0n) is 14.0. The highest BCUT2D eigenvalue weighted by Gasteiger charge is 2.34. The van der Waals surface area contributed by atoms with Crippen molar-refractivity contribution in [3.8, 4) is 0 Å². The van der Waals surface area contributed by atoms with Crippen LogP contribution in [0.4, 0.5) is 0 Å². The zero-order chi connectivity index (χ0) is 15.7. The summed E-state index contributed by atoms with van der Waals surface area (Å²) >= 11 is 0. The van der Waals surface area contributed by atoms with E-state index in [1.165, 1.54) is 36.9 Å². The molecule has 3 heterocycles. The van der Waals surface area contributed by atoms with Crippen LogP contribution in [0.5, 0.6) is 0 Å². The van der Waals surface area contributed by atoms with Gasteiger partial charge in [0.1, 0.15) is 0 Å². The van der Waals surface area contributed by atoms with E-state index in [0.717, 1.165) is 12.1 Å². The van der Waals surface area contributed by atoms with E-state index >= 15 is 0 Å². The second-order valence-electron chi connectivity index (χ2n) is 7.05. The van der Waals surface area contributed by atoms with Crippen molar-refractivity contribution in [1.29, 1.82) is 0 Å². The third-order valence-electron chi connectivity index (χ3n) is 5.40. The summed E-state index contributed by atoms with van der Waals surface area (Å²) < 4.78 is 1.91. The number of amides is 1. The molecule has 0 radical (unpaired) electrons. The van der Waals surface area contributed by atoms with Crippen LogP contribution in [-0.4, -0.2) is 34.3 Å². The molecule has 2 aliphatic heterocycles. The third kappa shape index (κ3) is 3.35. The molecule has 1 amide bonds. The second kappa shape index (κ2) is 6.41. The minimum Gasteiger partial charge on any atom is -0.356 e. The van der Waals surface area contributed by atoms with Crippen molar-refractivity contribution in [1.82, 2.24) is 20.4 Å². The maximum atomic E-state index is 12.2. The topological polar surface area (TPSA) is 59.0 Å². The average Bonchev–Trinajstić information content (AvgIpc) is 2.92. The van der Waals surface area contributed by atoms with Gasteiger partial charge in [-0.15, -0.1) is 0 Å². The van der Waals surface area contributed by atoms with E-state index in [1.54, 1.807) is 0 Å². The highest BCUT2D eigenvalue weighted by atomic mass is 16.1. The first-order valence-corrected chi connectivity index (χ1v) is 8.54. The number of aryl methyl sites for hydroxylation is 2. The van der Waals surface area contributed by atoms with Crippen LogP contribution < -0.4 is 10.6 Å². The van der Waals surface area contributed by atoms with Gasteiger partial charge in [-0.1, -0.05) is 0 Å². The fraction of sp³-hybridized carbons (Fsp3) is 0.765. The molecule has 5 nitrogen and oxygen atoms in total. The molecule has 2 unspecified atom stereocenters. The molecule has 2 bridgehead atoms. The molecule has 3 rings (SSSR count). The van der Waals surface area contributed by atoms with Crippen LogP contribution in [0.2, 0.25) is 0 Å². The lowest BCUT2D eigenvalue weighted by atomic mass is 9.89. The lowest BCUT2D eigenvalue weighted by Crippen LogP contribution is -2.39. The number of fused-ring (bicyclic) bond motifs is 2. The Balaban J connectivity index is 1.43. The molecule has 0 aromatic carbocycles. The van der Waals surface area contributed by atoms with E-state index in [4.69, 9.17) is 0 Å². The molecular formula is C17H28N4O. The SMILES string of the molecule is Cc1nn(C)c(C)c1CCNC(=O)CC1CC2CCC(C1)N2. The van der Waals surface area contributed by atoms with Gasteiger partial charge in [0, 0.05) is 37.8 Å². The van der Waals surface area contributed by atoms with Gasteiger partial charge in [0.2, 0.25) is 5.91 Å². The van der Waals surface area contributed by atoms with Crippen LogP contribution in [0.15, 0.2) is 0 Å². The Morgan fingerprint density at radius 3 is 2.59 bits per heavy atom. The molecule has 2 fully saturated rings. The van der Waals surface area contributed by atoms with Gasteiger partial charge in [0.05, 0.1) is 5.69 Å². The van der Waals surface area contributed by atoms with Crippen LogP contribution in [0.1, 0.15) is 49.1 Å². The molecule has 2 aliphatic rings. The first kappa shape index (κ1) is 15.5. The van der Waals surface area contributed by atoms with Crippen molar-refractivity contribution in [2.75, 3.05) is 6.54 Å². The Hall–Kier alpha value is -1.36. The minimum absolute atomic E-state index is 0.213. The number of nitrogens with one attached hydrogen (secondary N) is 2. The summed E-state index contributed by atoms with van der Waals surface area (Å²) in [6.45, 7) is 4.83. The summed E-state index contributed by atoms with van der Waals surface area (Å²) in [5.41, 5.74) is 3.54. The first-order valence-electron chi connectivity index (χ1n) is 8.54. The number of aromatic nitrogens is 2. The van der Waals surface area contributed by atoms with E-state index in [0.29, 0.717) is 31.0 Å². The zero-order valence-corrected chi connectivity index (χ0v) is 14.0. The summed E-state index contributed by atoms with van der Waals surface area (Å²) in [4.78, 5) is 12.2. The third-order valence-corrected chi connectivity index (χ3v) is 5.40. The number of piperidine rings is 1. The van der Waals surface area contributed by atoms with E-state index in [9.17, 15) is 4.79 Å². The van der Waals surface area contributed by atoms with Gasteiger partial charge in [0.25, 0.3) is 0 Å². The smallest absolute Gasteiger partial charge is 0.220 e. The van der Waals surface area contributed by atoms with Crippen LogP contribution in [-0.2, 0) is 18.3 Å². The lowest BCUT2D eigenvalue weighted by molar-refractivity contribution is -0.122. The number of nitrogens with zero attached hydrogens (tertiary/aromatic N) is 2. The highest BCUT2D eigenvalue weighted by molar-refractivity contribution is 5.76. The summed E-state index contributed by atoms with van der Waals surface area (Å²) in [6, 6.07) is 1.33. The minimum atomic E-state index is 0.213. The number of hydrogen-bond donors (Lipinski definition) is 2. The van der Waals surface area contributed by atoms with Gasteiger partial charge in [-0.3, -0.25) is 9.48 Å². The molecule has 2 N–H and O–H groups in total. The number of rotatable bonds is 5. The van der Waals surface area contributed by atoms with Gasteiger partial charge >= 0.3 is 0 Å². The largest absolute Gasteiger partial charge is 0.356 e. The summed E-state index contributed by atoms with van der Waals surface area (Å²) in [6.07, 6.45) is 6.49. The van der Waals surface area contributed by atoms with Gasteiger partial charge < -0.3 is 10.6 Å². The molecule has 0 spiro atoms. The van der Waals surface area contributed by atoms with E-state index < -0.39 is 0 Å². The Morgan fingerprint density at radius 1 is 1.32 bits per heavy atom. The van der Waals surface area contributed by atoms with Crippen LogP contribution in [0.25, 0.3) is 0 Å². The molecule has 2 saturated heterocycles. The summed E-state index contributed by atoms with van der Waals surface area (Å²) in [7, 11) is 1.97. The number of hydrogen-bond acceptors (Lipinski definition) is 3. The normalized spacial score (nSPS) is 27.1. The predicted octanol–water partition coefficient (Wildman–Crippen LogP) is 1.62. The number of carbonyl (C=O) groups excluding carboxylic acids is 1. The van der Waals surface area contributed by atoms with Gasteiger partial charge in [-0.05, 0) is 57.4 Å². The Bertz CT molecular complexity index is 539. The highest BCUT2D eigenvalue weighted by Crippen LogP contribution is 2.32. The first-order chi connectivity index (χ1) is 10.5. The monoisotopic (exact) mass is 304 g/mol. The molecule has 1 aromatic heterocycles. The van der Waals surface area contributed by atoms with E-state index in [-0.39, 0.29) is 5.91 Å². The fourth-order valence-electron chi connectivity index (χ4n) is 4.18. The predicted molar refractivity (Wildman–Crippen MR) is 86.7 cm³/mol. The fourth-order valence-corrected chi connectivity index (χ4v) is 4.18. The molecule has 22 heavy (non-hydrogen) atoms. The maximum Gasteiger partial charge on any atom is 0.220 e. The Kier molecular flexibility index (Phi) is 4.52. The van der Waals surface area contributed by atoms with E-state index in [1.807, 2.05) is 18.7 Å². The second-order valence-corrected chi connectivity index (χ2v) is 7.05. The van der Waals surface area contributed by atoms with Crippen molar-refractivity contribution in [3.05, 3.63) is 17.0 Å². The van der Waals surface area contributed by atoms with E-state index in [2.05, 4.69) is 22.7 Å². The molecule has 2 atom stereocenters. The molecule has 122 valence electrons.